The number of aromatic nitrogens is 4. The van der Waals surface area contributed by atoms with Gasteiger partial charge in [-0.1, -0.05) is 24.3 Å². The molecule has 0 bridgehead atoms. The molecular weight excluding hydrogens is 376 g/mol. The maximum Gasteiger partial charge on any atom is 0.159 e. The summed E-state index contributed by atoms with van der Waals surface area (Å²) in [6.45, 7) is 7.46. The van der Waals surface area contributed by atoms with E-state index in [2.05, 4.69) is 51.8 Å². The normalized spacial score (nSPS) is 18.7. The lowest BCUT2D eigenvalue weighted by Gasteiger charge is -2.16. The van der Waals surface area contributed by atoms with Gasteiger partial charge in [0.15, 0.2) is 5.82 Å². The van der Waals surface area contributed by atoms with Crippen molar-refractivity contribution in [1.29, 1.82) is 0 Å². The van der Waals surface area contributed by atoms with Crippen LogP contribution in [0, 0.1) is 6.92 Å². The Morgan fingerprint density at radius 3 is 2.40 bits per heavy atom. The highest BCUT2D eigenvalue weighted by Crippen LogP contribution is 2.43. The van der Waals surface area contributed by atoms with Gasteiger partial charge < -0.3 is 14.2 Å². The van der Waals surface area contributed by atoms with Gasteiger partial charge in [-0.2, -0.15) is 0 Å². The number of hydrogen-bond donors (Lipinski definition) is 1. The van der Waals surface area contributed by atoms with Gasteiger partial charge in [0.1, 0.15) is 17.4 Å². The standard InChI is InChI=1S/C24H24N4O2/c1-14-21(22-19-8-6-5-7-18(19)15(2)30-22)28-13-16(9-10-20(28)27-14)17-11-25-23(26-12-17)24(3,4)29/h5-13,15,22,29H,1-4H3/t15-,22-/m0/s1. The number of fused-ring (bicyclic) bond motifs is 2. The molecule has 6 nitrogen and oxygen atoms in total. The molecule has 0 amide bonds. The summed E-state index contributed by atoms with van der Waals surface area (Å²) in [6.07, 6.45) is 5.43. The van der Waals surface area contributed by atoms with Crippen LogP contribution >= 0.6 is 0 Å². The number of pyridine rings is 1. The van der Waals surface area contributed by atoms with E-state index in [0.717, 1.165) is 28.2 Å². The molecule has 0 unspecified atom stereocenters. The van der Waals surface area contributed by atoms with Crippen LogP contribution in [-0.2, 0) is 10.3 Å². The Bertz CT molecular complexity index is 1240. The molecule has 1 aromatic carbocycles. The fraction of sp³-hybridized carbons (Fsp3) is 0.292. The monoisotopic (exact) mass is 400 g/mol. The molecule has 0 spiro atoms. The molecule has 0 saturated heterocycles. The van der Waals surface area contributed by atoms with Gasteiger partial charge in [-0.15, -0.1) is 0 Å². The van der Waals surface area contributed by atoms with Crippen LogP contribution < -0.4 is 0 Å². The average Bonchev–Trinajstić information content (AvgIpc) is 3.23. The van der Waals surface area contributed by atoms with E-state index >= 15 is 0 Å². The number of aryl methyl sites for hydroxylation is 1. The van der Waals surface area contributed by atoms with E-state index in [1.807, 2.05) is 19.1 Å². The van der Waals surface area contributed by atoms with Crippen LogP contribution in [0.1, 0.15) is 61.3 Å². The molecule has 3 aromatic heterocycles. The third kappa shape index (κ3) is 3.00. The first-order chi connectivity index (χ1) is 14.3. The van der Waals surface area contributed by atoms with Crippen LogP contribution in [-0.4, -0.2) is 24.5 Å². The van der Waals surface area contributed by atoms with Gasteiger partial charge >= 0.3 is 0 Å². The first-order valence-electron chi connectivity index (χ1n) is 10.1. The van der Waals surface area contributed by atoms with Crippen molar-refractivity contribution < 1.29 is 9.84 Å². The van der Waals surface area contributed by atoms with Gasteiger partial charge in [0.25, 0.3) is 0 Å². The molecule has 2 atom stereocenters. The Kier molecular flexibility index (Phi) is 4.24. The largest absolute Gasteiger partial charge is 0.382 e. The molecular formula is C24H24N4O2. The van der Waals surface area contributed by atoms with Crippen molar-refractivity contribution in [2.75, 3.05) is 0 Å². The average molecular weight is 400 g/mol. The lowest BCUT2D eigenvalue weighted by atomic mass is 10.00. The van der Waals surface area contributed by atoms with Crippen molar-refractivity contribution in [2.45, 2.75) is 45.5 Å². The zero-order chi connectivity index (χ0) is 21.0. The van der Waals surface area contributed by atoms with Gasteiger partial charge in [0.05, 0.1) is 17.5 Å². The molecule has 6 heteroatoms. The number of nitrogens with zero attached hydrogens (tertiary/aromatic N) is 4. The highest BCUT2D eigenvalue weighted by atomic mass is 16.5. The molecule has 4 aromatic rings. The number of hydrogen-bond acceptors (Lipinski definition) is 5. The molecule has 4 heterocycles. The summed E-state index contributed by atoms with van der Waals surface area (Å²) < 4.78 is 8.46. The van der Waals surface area contributed by atoms with E-state index in [4.69, 9.17) is 9.72 Å². The topological polar surface area (TPSA) is 72.5 Å². The van der Waals surface area contributed by atoms with Gasteiger partial charge in [-0.25, -0.2) is 15.0 Å². The number of ether oxygens (including phenoxy) is 1. The van der Waals surface area contributed by atoms with E-state index in [0.29, 0.717) is 5.82 Å². The van der Waals surface area contributed by atoms with Crippen LogP contribution in [0.3, 0.4) is 0 Å². The summed E-state index contributed by atoms with van der Waals surface area (Å²) in [5.74, 6) is 0.399. The Balaban J connectivity index is 1.61. The van der Waals surface area contributed by atoms with Crippen molar-refractivity contribution in [3.63, 3.8) is 0 Å². The highest BCUT2D eigenvalue weighted by molar-refractivity contribution is 5.64. The summed E-state index contributed by atoms with van der Waals surface area (Å²) in [5.41, 5.74) is 6.07. The SMILES string of the molecule is Cc1nc2ccc(-c3cnc(C(C)(C)O)nc3)cn2c1[C@H]1O[C@@H](C)c2ccccc21. The van der Waals surface area contributed by atoms with Crippen LogP contribution in [0.5, 0.6) is 0 Å². The molecule has 1 aliphatic heterocycles. The fourth-order valence-electron chi connectivity index (χ4n) is 4.14. The molecule has 5 rings (SSSR count). The predicted octanol–water partition coefficient (Wildman–Crippen LogP) is 4.51. The van der Waals surface area contributed by atoms with Crippen molar-refractivity contribution in [2.24, 2.45) is 0 Å². The first-order valence-corrected chi connectivity index (χ1v) is 10.1. The zero-order valence-corrected chi connectivity index (χ0v) is 17.5. The third-order valence-electron chi connectivity index (χ3n) is 5.68. The Morgan fingerprint density at radius 1 is 1.00 bits per heavy atom. The van der Waals surface area contributed by atoms with E-state index in [1.165, 1.54) is 11.1 Å². The van der Waals surface area contributed by atoms with Crippen LogP contribution in [0.2, 0.25) is 0 Å². The lowest BCUT2D eigenvalue weighted by molar-refractivity contribution is 0.0424. The number of imidazole rings is 1. The second-order valence-electron chi connectivity index (χ2n) is 8.37. The Hall–Kier alpha value is -3.09. The van der Waals surface area contributed by atoms with Crippen molar-refractivity contribution in [3.8, 4) is 11.1 Å². The molecule has 0 aliphatic carbocycles. The quantitative estimate of drug-likeness (QED) is 0.548. The summed E-state index contributed by atoms with van der Waals surface area (Å²) in [4.78, 5) is 13.4. The molecule has 152 valence electrons. The predicted molar refractivity (Wildman–Crippen MR) is 114 cm³/mol. The molecule has 30 heavy (non-hydrogen) atoms. The summed E-state index contributed by atoms with van der Waals surface area (Å²) >= 11 is 0. The summed E-state index contributed by atoms with van der Waals surface area (Å²) in [7, 11) is 0. The Morgan fingerprint density at radius 2 is 1.70 bits per heavy atom. The smallest absolute Gasteiger partial charge is 0.159 e. The summed E-state index contributed by atoms with van der Waals surface area (Å²) in [5, 5.41) is 10.1. The van der Waals surface area contributed by atoms with Crippen molar-refractivity contribution >= 4 is 5.65 Å². The minimum atomic E-state index is -1.07. The van der Waals surface area contributed by atoms with E-state index in [-0.39, 0.29) is 12.2 Å². The zero-order valence-electron chi connectivity index (χ0n) is 17.5. The van der Waals surface area contributed by atoms with E-state index < -0.39 is 5.60 Å². The van der Waals surface area contributed by atoms with E-state index in [9.17, 15) is 5.11 Å². The van der Waals surface area contributed by atoms with Crippen LogP contribution in [0.25, 0.3) is 16.8 Å². The number of rotatable bonds is 3. The van der Waals surface area contributed by atoms with Gasteiger partial charge in [0, 0.05) is 29.7 Å². The first kappa shape index (κ1) is 18.9. The lowest BCUT2D eigenvalue weighted by Crippen LogP contribution is -2.19. The second-order valence-corrected chi connectivity index (χ2v) is 8.37. The molecule has 1 N–H and O–H groups in total. The van der Waals surface area contributed by atoms with E-state index in [1.54, 1.807) is 26.2 Å². The van der Waals surface area contributed by atoms with Gasteiger partial charge in [-0.05, 0) is 51.0 Å². The van der Waals surface area contributed by atoms with Gasteiger partial charge in [-0.3, -0.25) is 0 Å². The van der Waals surface area contributed by atoms with Gasteiger partial charge in [0.2, 0.25) is 0 Å². The maximum atomic E-state index is 10.1. The fourth-order valence-corrected chi connectivity index (χ4v) is 4.14. The third-order valence-corrected chi connectivity index (χ3v) is 5.68. The highest BCUT2D eigenvalue weighted by Gasteiger charge is 2.33. The van der Waals surface area contributed by atoms with Crippen LogP contribution in [0.15, 0.2) is 55.0 Å². The minimum absolute atomic E-state index is 0.0436. The maximum absolute atomic E-state index is 10.1. The molecule has 0 fully saturated rings. The van der Waals surface area contributed by atoms with Crippen molar-refractivity contribution in [3.05, 3.63) is 83.3 Å². The number of benzene rings is 1. The Labute approximate surface area is 175 Å². The molecule has 1 aliphatic rings. The number of aliphatic hydroxyl groups is 1. The second kappa shape index (κ2) is 6.72. The molecule has 0 radical (unpaired) electrons. The van der Waals surface area contributed by atoms with Crippen molar-refractivity contribution in [1.82, 2.24) is 19.4 Å². The van der Waals surface area contributed by atoms with Crippen LogP contribution in [0.4, 0.5) is 0 Å². The molecule has 0 saturated carbocycles. The minimum Gasteiger partial charge on any atom is -0.382 e. The summed E-state index contributed by atoms with van der Waals surface area (Å²) in [6, 6.07) is 12.4.